The number of hydrogen-bond acceptors (Lipinski definition) is 3. The molecule has 1 aliphatic rings. The molecule has 1 fully saturated rings. The Bertz CT molecular complexity index is 1050. The zero-order chi connectivity index (χ0) is 22.5. The molecule has 1 aromatic heterocycles. The van der Waals surface area contributed by atoms with E-state index in [1.807, 2.05) is 55.1 Å². The summed E-state index contributed by atoms with van der Waals surface area (Å²) in [4.78, 5) is 30.8. The molecular formula is C26H31N3O3. The molecule has 0 bridgehead atoms. The molecular weight excluding hydrogens is 402 g/mol. The van der Waals surface area contributed by atoms with E-state index >= 15 is 0 Å². The van der Waals surface area contributed by atoms with Crippen LogP contribution in [0.3, 0.4) is 0 Å². The molecule has 2 aromatic carbocycles. The summed E-state index contributed by atoms with van der Waals surface area (Å²) in [6, 6.07) is 17.3. The van der Waals surface area contributed by atoms with Gasteiger partial charge >= 0.3 is 6.09 Å². The largest absolute Gasteiger partial charge is 0.445 e. The van der Waals surface area contributed by atoms with Gasteiger partial charge in [0.15, 0.2) is 0 Å². The molecule has 0 saturated carbocycles. The number of fused-ring (bicyclic) bond motifs is 1. The van der Waals surface area contributed by atoms with E-state index in [0.29, 0.717) is 19.0 Å². The van der Waals surface area contributed by atoms with Crippen LogP contribution in [-0.4, -0.2) is 41.0 Å². The zero-order valence-electron chi connectivity index (χ0n) is 18.7. The van der Waals surface area contributed by atoms with Gasteiger partial charge in [-0.1, -0.05) is 62.4 Å². The second-order valence-corrected chi connectivity index (χ2v) is 8.82. The smallest absolute Gasteiger partial charge is 0.408 e. The third-order valence-corrected chi connectivity index (χ3v) is 6.29. The Hall–Kier alpha value is -3.28. The average molecular weight is 434 g/mol. The van der Waals surface area contributed by atoms with E-state index in [9.17, 15) is 9.59 Å². The first-order valence-corrected chi connectivity index (χ1v) is 11.3. The number of rotatable bonds is 6. The third kappa shape index (κ3) is 4.96. The number of para-hydroxylation sites is 1. The lowest BCUT2D eigenvalue weighted by atomic mass is 9.88. The fourth-order valence-electron chi connectivity index (χ4n) is 4.44. The van der Waals surface area contributed by atoms with Crippen LogP contribution in [-0.2, 0) is 16.1 Å². The van der Waals surface area contributed by atoms with Crippen molar-refractivity contribution in [2.45, 2.75) is 45.3 Å². The minimum absolute atomic E-state index is 0.0295. The van der Waals surface area contributed by atoms with Gasteiger partial charge in [-0.3, -0.25) is 4.79 Å². The molecule has 4 rings (SSSR count). The van der Waals surface area contributed by atoms with Crippen molar-refractivity contribution >= 4 is 22.9 Å². The van der Waals surface area contributed by atoms with Gasteiger partial charge in [0.1, 0.15) is 12.6 Å². The molecule has 0 aliphatic carbocycles. The van der Waals surface area contributed by atoms with E-state index in [1.165, 1.54) is 10.9 Å². The van der Waals surface area contributed by atoms with Gasteiger partial charge in [0.05, 0.1) is 0 Å². The normalized spacial score (nSPS) is 15.7. The second kappa shape index (κ2) is 9.90. The number of benzene rings is 2. The van der Waals surface area contributed by atoms with Crippen LogP contribution in [0.5, 0.6) is 0 Å². The lowest BCUT2D eigenvalue weighted by Gasteiger charge is -2.35. The zero-order valence-corrected chi connectivity index (χ0v) is 18.7. The number of ether oxygens (including phenoxy) is 1. The van der Waals surface area contributed by atoms with Gasteiger partial charge in [0, 0.05) is 30.2 Å². The summed E-state index contributed by atoms with van der Waals surface area (Å²) in [6.07, 6.45) is 3.37. The summed E-state index contributed by atoms with van der Waals surface area (Å²) in [5, 5.41) is 4.05. The second-order valence-electron chi connectivity index (χ2n) is 8.82. The van der Waals surface area contributed by atoms with Gasteiger partial charge in [-0.05, 0) is 41.9 Å². The van der Waals surface area contributed by atoms with Crippen LogP contribution in [0.15, 0.2) is 60.8 Å². The van der Waals surface area contributed by atoms with Crippen molar-refractivity contribution in [3.05, 3.63) is 71.9 Å². The highest BCUT2D eigenvalue weighted by Gasteiger charge is 2.32. The van der Waals surface area contributed by atoms with Crippen molar-refractivity contribution in [3.8, 4) is 0 Å². The van der Waals surface area contributed by atoms with Gasteiger partial charge in [-0.15, -0.1) is 0 Å². The number of alkyl carbamates (subject to hydrolysis) is 1. The molecule has 2 N–H and O–H groups in total. The Kier molecular flexibility index (Phi) is 6.78. The molecule has 2 amide bonds. The molecule has 6 nitrogen and oxygen atoms in total. The van der Waals surface area contributed by atoms with Crippen molar-refractivity contribution in [2.75, 3.05) is 13.1 Å². The number of piperidine rings is 1. The van der Waals surface area contributed by atoms with Crippen LogP contribution in [0.1, 0.15) is 43.7 Å². The number of nitrogens with zero attached hydrogens (tertiary/aromatic N) is 1. The molecule has 1 aliphatic heterocycles. The van der Waals surface area contributed by atoms with E-state index < -0.39 is 12.1 Å². The Labute approximate surface area is 188 Å². The average Bonchev–Trinajstić information content (AvgIpc) is 3.25. The number of carbonyl (C=O) groups is 2. The van der Waals surface area contributed by atoms with Gasteiger partial charge < -0.3 is 19.9 Å². The van der Waals surface area contributed by atoms with E-state index in [2.05, 4.69) is 34.7 Å². The van der Waals surface area contributed by atoms with Crippen molar-refractivity contribution < 1.29 is 14.3 Å². The molecule has 0 spiro atoms. The van der Waals surface area contributed by atoms with Crippen LogP contribution in [0.2, 0.25) is 0 Å². The maximum atomic E-state index is 13.2. The predicted octanol–water partition coefficient (Wildman–Crippen LogP) is 4.82. The van der Waals surface area contributed by atoms with Gasteiger partial charge in [-0.2, -0.15) is 0 Å². The van der Waals surface area contributed by atoms with Crippen LogP contribution in [0, 0.1) is 5.92 Å². The highest BCUT2D eigenvalue weighted by Crippen LogP contribution is 2.33. The highest BCUT2D eigenvalue weighted by molar-refractivity contribution is 5.86. The van der Waals surface area contributed by atoms with Crippen LogP contribution in [0.4, 0.5) is 4.79 Å². The van der Waals surface area contributed by atoms with Crippen molar-refractivity contribution in [1.29, 1.82) is 0 Å². The number of carbonyl (C=O) groups excluding carboxylic acids is 2. The first kappa shape index (κ1) is 21.9. The number of H-pyrrole nitrogens is 1. The number of aromatic nitrogens is 1. The number of hydrogen-bond donors (Lipinski definition) is 2. The summed E-state index contributed by atoms with van der Waals surface area (Å²) >= 11 is 0. The van der Waals surface area contributed by atoms with Crippen molar-refractivity contribution in [1.82, 2.24) is 15.2 Å². The minimum atomic E-state index is -0.595. The molecule has 6 heteroatoms. The maximum Gasteiger partial charge on any atom is 0.408 e. The fourth-order valence-corrected chi connectivity index (χ4v) is 4.44. The number of amides is 2. The Morgan fingerprint density at radius 1 is 1.06 bits per heavy atom. The van der Waals surface area contributed by atoms with Crippen LogP contribution >= 0.6 is 0 Å². The Morgan fingerprint density at radius 3 is 2.47 bits per heavy atom. The van der Waals surface area contributed by atoms with Gasteiger partial charge in [0.2, 0.25) is 5.91 Å². The Morgan fingerprint density at radius 2 is 1.75 bits per heavy atom. The number of likely N-dealkylation sites (tertiary alicyclic amines) is 1. The van der Waals surface area contributed by atoms with E-state index in [4.69, 9.17) is 4.74 Å². The third-order valence-electron chi connectivity index (χ3n) is 6.29. The molecule has 168 valence electrons. The van der Waals surface area contributed by atoms with E-state index in [-0.39, 0.29) is 18.4 Å². The van der Waals surface area contributed by atoms with Crippen LogP contribution in [0.25, 0.3) is 10.9 Å². The Balaban J connectivity index is 1.33. The maximum absolute atomic E-state index is 13.2. The van der Waals surface area contributed by atoms with Gasteiger partial charge in [0.25, 0.3) is 0 Å². The predicted molar refractivity (Wildman–Crippen MR) is 125 cm³/mol. The fraction of sp³-hybridized carbons (Fsp3) is 0.385. The van der Waals surface area contributed by atoms with Crippen LogP contribution < -0.4 is 5.32 Å². The minimum Gasteiger partial charge on any atom is -0.445 e. The summed E-state index contributed by atoms with van der Waals surface area (Å²) in [5.41, 5.74) is 3.39. The molecule has 1 saturated heterocycles. The highest BCUT2D eigenvalue weighted by atomic mass is 16.5. The molecule has 1 atom stereocenters. The molecule has 2 heterocycles. The summed E-state index contributed by atoms with van der Waals surface area (Å²) in [6.45, 7) is 5.44. The molecule has 3 aromatic rings. The molecule has 0 radical (unpaired) electrons. The van der Waals surface area contributed by atoms with E-state index in [0.717, 1.165) is 23.9 Å². The SMILES string of the molecule is CC(C)[C@H](NC(=O)OCc1ccccc1)C(=O)N1CCC(c2c[nH]c3ccccc23)CC1. The van der Waals surface area contributed by atoms with Crippen molar-refractivity contribution in [2.24, 2.45) is 5.92 Å². The first-order valence-electron chi connectivity index (χ1n) is 11.3. The first-order chi connectivity index (χ1) is 15.5. The number of aromatic amines is 1. The monoisotopic (exact) mass is 433 g/mol. The topological polar surface area (TPSA) is 74.4 Å². The lowest BCUT2D eigenvalue weighted by molar-refractivity contribution is -0.135. The summed E-state index contributed by atoms with van der Waals surface area (Å²) < 4.78 is 5.33. The van der Waals surface area contributed by atoms with Gasteiger partial charge in [-0.25, -0.2) is 4.79 Å². The molecule has 32 heavy (non-hydrogen) atoms. The number of nitrogens with one attached hydrogen (secondary N) is 2. The standard InChI is InChI=1S/C26H31N3O3/c1-18(2)24(28-26(31)32-17-19-8-4-3-5-9-19)25(30)29-14-12-20(13-15-29)22-16-27-23-11-7-6-10-21(22)23/h3-11,16,18,20,24,27H,12-15,17H2,1-2H3,(H,28,31)/t24-/m0/s1. The summed E-state index contributed by atoms with van der Waals surface area (Å²) in [5.74, 6) is 0.364. The molecule has 0 unspecified atom stereocenters. The van der Waals surface area contributed by atoms with Crippen molar-refractivity contribution in [3.63, 3.8) is 0 Å². The summed E-state index contributed by atoms with van der Waals surface area (Å²) in [7, 11) is 0. The quantitative estimate of drug-likeness (QED) is 0.585. The lowest BCUT2D eigenvalue weighted by Crippen LogP contribution is -2.52. The van der Waals surface area contributed by atoms with E-state index in [1.54, 1.807) is 0 Å².